The van der Waals surface area contributed by atoms with Crippen molar-refractivity contribution >= 4 is 29.0 Å². The van der Waals surface area contributed by atoms with E-state index in [1.54, 1.807) is 36.3 Å². The minimum atomic E-state index is -0.688. The minimum absolute atomic E-state index is 0.0249. The third kappa shape index (κ3) is 3.52. The molecule has 1 heterocycles. The van der Waals surface area contributed by atoms with Crippen LogP contribution in [0.2, 0.25) is 5.02 Å². The number of Topliss-reactive ketones (excluding diaryl/α,β-unsaturated/α-hetero) is 1. The van der Waals surface area contributed by atoms with Gasteiger partial charge in [-0.3, -0.25) is 14.5 Å². The van der Waals surface area contributed by atoms with Crippen LogP contribution in [0.15, 0.2) is 53.7 Å². The highest BCUT2D eigenvalue weighted by Gasteiger charge is 2.45. The van der Waals surface area contributed by atoms with E-state index in [-0.39, 0.29) is 34.1 Å². The van der Waals surface area contributed by atoms with Gasteiger partial charge < -0.3 is 4.74 Å². The molecule has 30 heavy (non-hydrogen) atoms. The number of hydrogen-bond donors (Lipinski definition) is 0. The normalized spacial score (nSPS) is 21.0. The first kappa shape index (κ1) is 20.6. The number of amides is 1. The number of nitrogens with zero attached hydrogens (tertiary/aromatic N) is 1. The number of ether oxygens (including phenoxy) is 1. The fourth-order valence-electron chi connectivity index (χ4n) is 4.55. The van der Waals surface area contributed by atoms with Crippen LogP contribution < -0.4 is 9.64 Å². The van der Waals surface area contributed by atoms with Crippen LogP contribution in [0, 0.1) is 11.2 Å². The van der Waals surface area contributed by atoms with E-state index < -0.39 is 11.7 Å². The van der Waals surface area contributed by atoms with Crippen LogP contribution in [0.5, 0.6) is 5.75 Å². The Balaban J connectivity index is 1.94. The summed E-state index contributed by atoms with van der Waals surface area (Å²) in [5.41, 5.74) is 1.66. The van der Waals surface area contributed by atoms with E-state index in [0.29, 0.717) is 35.5 Å². The summed E-state index contributed by atoms with van der Waals surface area (Å²) in [5.74, 6) is -0.836. The number of carbonyl (C=O) groups excluding carboxylic acids is 2. The maximum absolute atomic E-state index is 14.8. The predicted octanol–water partition coefficient (Wildman–Crippen LogP) is 5.65. The molecule has 2 aromatic carbocycles. The first-order valence-electron chi connectivity index (χ1n) is 9.89. The van der Waals surface area contributed by atoms with Gasteiger partial charge in [-0.1, -0.05) is 37.6 Å². The van der Waals surface area contributed by atoms with Gasteiger partial charge in [0.05, 0.1) is 12.8 Å². The zero-order valence-corrected chi connectivity index (χ0v) is 17.9. The second kappa shape index (κ2) is 7.55. The summed E-state index contributed by atoms with van der Waals surface area (Å²) in [6, 6.07) is 11.6. The van der Waals surface area contributed by atoms with Crippen molar-refractivity contribution in [2.75, 3.05) is 12.0 Å². The van der Waals surface area contributed by atoms with Gasteiger partial charge in [-0.2, -0.15) is 0 Å². The van der Waals surface area contributed by atoms with Crippen molar-refractivity contribution in [2.45, 2.75) is 39.0 Å². The summed E-state index contributed by atoms with van der Waals surface area (Å²) < 4.78 is 20.1. The van der Waals surface area contributed by atoms with Gasteiger partial charge in [0.25, 0.3) is 0 Å². The van der Waals surface area contributed by atoms with Gasteiger partial charge in [0, 0.05) is 46.7 Å². The Morgan fingerprint density at radius 3 is 2.57 bits per heavy atom. The zero-order valence-electron chi connectivity index (χ0n) is 17.2. The molecule has 4 nitrogen and oxygen atoms in total. The van der Waals surface area contributed by atoms with Gasteiger partial charge in [-0.05, 0) is 36.1 Å². The highest BCUT2D eigenvalue weighted by Crippen LogP contribution is 2.49. The predicted molar refractivity (Wildman–Crippen MR) is 114 cm³/mol. The molecular formula is C24H23ClFNO3. The molecule has 0 radical (unpaired) electrons. The van der Waals surface area contributed by atoms with E-state index in [0.717, 1.165) is 0 Å². The van der Waals surface area contributed by atoms with Crippen LogP contribution in [-0.2, 0) is 9.59 Å². The van der Waals surface area contributed by atoms with Crippen molar-refractivity contribution in [1.29, 1.82) is 0 Å². The number of carbonyl (C=O) groups is 2. The molecule has 0 saturated heterocycles. The van der Waals surface area contributed by atoms with Crippen molar-refractivity contribution in [2.24, 2.45) is 5.41 Å². The molecule has 0 fully saturated rings. The van der Waals surface area contributed by atoms with E-state index in [9.17, 15) is 14.0 Å². The largest absolute Gasteiger partial charge is 0.497 e. The standard InChI is InChI=1S/C24H23ClFNO3/c1-24(2)12-19-23(20(28)13-24)16(22-17(25)8-5-9-18(22)26)11-21(29)27(19)14-6-4-7-15(10-14)30-3/h4-10,16H,11-13H2,1-3H3. The molecule has 0 saturated carbocycles. The molecule has 0 spiro atoms. The van der Waals surface area contributed by atoms with Crippen LogP contribution >= 0.6 is 11.6 Å². The van der Waals surface area contributed by atoms with Crippen molar-refractivity contribution in [3.63, 3.8) is 0 Å². The van der Waals surface area contributed by atoms with E-state index in [1.807, 2.05) is 19.9 Å². The third-order valence-electron chi connectivity index (χ3n) is 5.80. The highest BCUT2D eigenvalue weighted by molar-refractivity contribution is 6.31. The van der Waals surface area contributed by atoms with E-state index in [4.69, 9.17) is 16.3 Å². The van der Waals surface area contributed by atoms with Crippen LogP contribution in [-0.4, -0.2) is 18.8 Å². The summed E-state index contributed by atoms with van der Waals surface area (Å²) in [4.78, 5) is 28.2. The summed E-state index contributed by atoms with van der Waals surface area (Å²) in [7, 11) is 1.56. The number of hydrogen-bond acceptors (Lipinski definition) is 3. The second-order valence-electron chi connectivity index (χ2n) is 8.62. The molecule has 0 aromatic heterocycles. The summed E-state index contributed by atoms with van der Waals surface area (Å²) in [6.07, 6.45) is 0.844. The Bertz CT molecular complexity index is 1060. The number of anilines is 1. The number of benzene rings is 2. The van der Waals surface area contributed by atoms with Gasteiger partial charge in [0.15, 0.2) is 5.78 Å². The second-order valence-corrected chi connectivity index (χ2v) is 9.03. The lowest BCUT2D eigenvalue weighted by molar-refractivity contribution is -0.121. The van der Waals surface area contributed by atoms with Crippen LogP contribution in [0.25, 0.3) is 0 Å². The lowest BCUT2D eigenvalue weighted by Gasteiger charge is -2.43. The number of ketones is 1. The number of methoxy groups -OCH3 is 1. The summed E-state index contributed by atoms with van der Waals surface area (Å²) in [5, 5.41) is 0.229. The molecule has 1 amide bonds. The van der Waals surface area contributed by atoms with Crippen LogP contribution in [0.3, 0.4) is 0 Å². The van der Waals surface area contributed by atoms with E-state index >= 15 is 0 Å². The first-order chi connectivity index (χ1) is 14.2. The SMILES string of the molecule is COc1cccc(N2C(=O)CC(c3c(F)cccc3Cl)C3=C2CC(C)(C)CC3=O)c1. The van der Waals surface area contributed by atoms with Crippen molar-refractivity contribution in [3.05, 3.63) is 70.1 Å². The Morgan fingerprint density at radius 2 is 1.87 bits per heavy atom. The lowest BCUT2D eigenvalue weighted by atomic mass is 9.69. The smallest absolute Gasteiger partial charge is 0.232 e. The molecule has 156 valence electrons. The molecule has 0 N–H and O–H groups in total. The van der Waals surface area contributed by atoms with Crippen molar-refractivity contribution in [3.8, 4) is 5.75 Å². The molecule has 1 aliphatic carbocycles. The maximum Gasteiger partial charge on any atom is 0.232 e. The Labute approximate surface area is 180 Å². The number of rotatable bonds is 3. The average Bonchev–Trinajstić information content (AvgIpc) is 2.66. The third-order valence-corrected chi connectivity index (χ3v) is 6.13. The van der Waals surface area contributed by atoms with Gasteiger partial charge in [-0.15, -0.1) is 0 Å². The topological polar surface area (TPSA) is 46.6 Å². The first-order valence-corrected chi connectivity index (χ1v) is 10.3. The van der Waals surface area contributed by atoms with E-state index in [2.05, 4.69) is 0 Å². The Hall–Kier alpha value is -2.66. The number of halogens is 2. The fourth-order valence-corrected chi connectivity index (χ4v) is 4.85. The molecule has 4 rings (SSSR count). The Kier molecular flexibility index (Phi) is 5.18. The monoisotopic (exact) mass is 427 g/mol. The zero-order chi connectivity index (χ0) is 21.6. The average molecular weight is 428 g/mol. The van der Waals surface area contributed by atoms with E-state index in [1.165, 1.54) is 12.1 Å². The fraction of sp³-hybridized carbons (Fsp3) is 0.333. The molecule has 1 unspecified atom stereocenters. The Morgan fingerprint density at radius 1 is 1.13 bits per heavy atom. The molecule has 6 heteroatoms. The molecular weight excluding hydrogens is 405 g/mol. The quantitative estimate of drug-likeness (QED) is 0.635. The van der Waals surface area contributed by atoms with Crippen molar-refractivity contribution in [1.82, 2.24) is 0 Å². The molecule has 2 aromatic rings. The number of allylic oxidation sites excluding steroid dienone is 2. The molecule has 1 aliphatic heterocycles. The van der Waals surface area contributed by atoms with Gasteiger partial charge >= 0.3 is 0 Å². The van der Waals surface area contributed by atoms with Gasteiger partial charge in [-0.25, -0.2) is 4.39 Å². The maximum atomic E-state index is 14.8. The molecule has 2 aliphatic rings. The van der Waals surface area contributed by atoms with Gasteiger partial charge in [0.2, 0.25) is 5.91 Å². The van der Waals surface area contributed by atoms with Gasteiger partial charge in [0.1, 0.15) is 11.6 Å². The highest BCUT2D eigenvalue weighted by atomic mass is 35.5. The summed E-state index contributed by atoms with van der Waals surface area (Å²) in [6.45, 7) is 4.01. The van der Waals surface area contributed by atoms with Crippen LogP contribution in [0.4, 0.5) is 10.1 Å². The van der Waals surface area contributed by atoms with Crippen LogP contribution in [0.1, 0.15) is 44.6 Å². The molecule has 0 bridgehead atoms. The minimum Gasteiger partial charge on any atom is -0.497 e. The lowest BCUT2D eigenvalue weighted by Crippen LogP contribution is -2.44. The summed E-state index contributed by atoms with van der Waals surface area (Å²) >= 11 is 6.32. The molecule has 1 atom stereocenters. The van der Waals surface area contributed by atoms with Crippen molar-refractivity contribution < 1.29 is 18.7 Å².